The Labute approximate surface area is 132 Å². The third-order valence-corrected chi connectivity index (χ3v) is 4.05. The van der Waals surface area contributed by atoms with E-state index in [1.807, 2.05) is 24.3 Å². The zero-order valence-electron chi connectivity index (χ0n) is 12.6. The molecule has 1 fully saturated rings. The number of rotatable bonds is 4. The van der Waals surface area contributed by atoms with Crippen LogP contribution < -0.4 is 4.74 Å². The molecule has 2 heterocycles. The molecule has 0 saturated carbocycles. The van der Waals surface area contributed by atoms with E-state index in [1.54, 1.807) is 12.0 Å². The van der Waals surface area contributed by atoms with Gasteiger partial charge in [-0.2, -0.15) is 0 Å². The molecule has 1 atom stereocenters. The average molecular weight is 316 g/mol. The van der Waals surface area contributed by atoms with Gasteiger partial charge in [-0.3, -0.25) is 14.9 Å². The van der Waals surface area contributed by atoms with E-state index in [9.17, 15) is 14.9 Å². The highest BCUT2D eigenvalue weighted by molar-refractivity contribution is 5.92. The van der Waals surface area contributed by atoms with E-state index in [0.29, 0.717) is 13.1 Å². The Kier molecular flexibility index (Phi) is 4.01. The van der Waals surface area contributed by atoms with Crippen molar-refractivity contribution >= 4 is 11.8 Å². The van der Waals surface area contributed by atoms with Gasteiger partial charge < -0.3 is 14.1 Å². The van der Waals surface area contributed by atoms with Crippen LogP contribution in [0, 0.1) is 10.1 Å². The van der Waals surface area contributed by atoms with Gasteiger partial charge in [0.15, 0.2) is 5.76 Å². The number of nitrogens with zero attached hydrogens (tertiary/aromatic N) is 2. The Morgan fingerprint density at radius 2 is 2.04 bits per heavy atom. The van der Waals surface area contributed by atoms with Crippen LogP contribution in [0.3, 0.4) is 0 Å². The topological polar surface area (TPSA) is 85.8 Å². The Morgan fingerprint density at radius 1 is 1.30 bits per heavy atom. The first kappa shape index (κ1) is 15.1. The van der Waals surface area contributed by atoms with Crippen LogP contribution in [0.5, 0.6) is 5.75 Å². The Bertz CT molecular complexity index is 722. The molecule has 0 aliphatic carbocycles. The number of benzene rings is 1. The monoisotopic (exact) mass is 316 g/mol. The van der Waals surface area contributed by atoms with E-state index in [0.717, 1.165) is 17.7 Å². The van der Waals surface area contributed by atoms with Gasteiger partial charge >= 0.3 is 5.88 Å². The standard InChI is InChI=1S/C16H16N2O5/c1-22-13-4-2-11(3-5-13)12-8-9-17(10-12)16(19)14-6-7-15(23-14)18(20)21/h2-7,12H,8-10H2,1H3. The van der Waals surface area contributed by atoms with Gasteiger partial charge in [-0.05, 0) is 30.2 Å². The first-order valence-corrected chi connectivity index (χ1v) is 7.26. The molecule has 1 aliphatic rings. The van der Waals surface area contributed by atoms with Crippen molar-refractivity contribution in [1.82, 2.24) is 4.90 Å². The van der Waals surface area contributed by atoms with Gasteiger partial charge in [0.2, 0.25) is 0 Å². The van der Waals surface area contributed by atoms with Crippen molar-refractivity contribution in [1.29, 1.82) is 0 Å². The van der Waals surface area contributed by atoms with Gasteiger partial charge in [0, 0.05) is 19.0 Å². The van der Waals surface area contributed by atoms with Crippen molar-refractivity contribution in [2.45, 2.75) is 12.3 Å². The lowest BCUT2D eigenvalue weighted by molar-refractivity contribution is -0.402. The maximum atomic E-state index is 12.3. The fourth-order valence-electron chi connectivity index (χ4n) is 2.79. The van der Waals surface area contributed by atoms with Crippen LogP contribution in [0.15, 0.2) is 40.8 Å². The highest BCUT2D eigenvalue weighted by atomic mass is 16.6. The number of methoxy groups -OCH3 is 1. The number of carbonyl (C=O) groups is 1. The summed E-state index contributed by atoms with van der Waals surface area (Å²) in [5.41, 5.74) is 1.14. The van der Waals surface area contributed by atoms with E-state index in [1.165, 1.54) is 12.1 Å². The molecule has 0 bridgehead atoms. The Morgan fingerprint density at radius 3 is 2.65 bits per heavy atom. The fourth-order valence-corrected chi connectivity index (χ4v) is 2.79. The minimum absolute atomic E-state index is 0.00656. The average Bonchev–Trinajstić information content (AvgIpc) is 3.24. The second kappa shape index (κ2) is 6.12. The van der Waals surface area contributed by atoms with Crippen LogP contribution >= 0.6 is 0 Å². The molecule has 1 aromatic heterocycles. The highest BCUT2D eigenvalue weighted by Gasteiger charge is 2.30. The summed E-state index contributed by atoms with van der Waals surface area (Å²) in [6.45, 7) is 1.17. The minimum Gasteiger partial charge on any atom is -0.497 e. The lowest BCUT2D eigenvalue weighted by Gasteiger charge is -2.15. The lowest BCUT2D eigenvalue weighted by atomic mass is 9.98. The molecule has 120 valence electrons. The predicted molar refractivity (Wildman–Crippen MR) is 81.6 cm³/mol. The Hall–Kier alpha value is -2.83. The minimum atomic E-state index is -0.652. The number of ether oxygens (including phenoxy) is 1. The summed E-state index contributed by atoms with van der Waals surface area (Å²) in [5, 5.41) is 10.6. The molecule has 1 amide bonds. The SMILES string of the molecule is COc1ccc(C2CCN(C(=O)c3ccc([N+](=O)[O-])o3)C2)cc1. The van der Waals surface area contributed by atoms with Crippen molar-refractivity contribution in [2.75, 3.05) is 20.2 Å². The molecule has 23 heavy (non-hydrogen) atoms. The van der Waals surface area contributed by atoms with Gasteiger partial charge in [0.25, 0.3) is 5.91 Å². The molecular weight excluding hydrogens is 300 g/mol. The zero-order chi connectivity index (χ0) is 16.4. The molecule has 3 rings (SSSR count). The summed E-state index contributed by atoms with van der Waals surface area (Å²) in [6.07, 6.45) is 0.848. The number of hydrogen-bond acceptors (Lipinski definition) is 5. The highest BCUT2D eigenvalue weighted by Crippen LogP contribution is 2.30. The molecule has 7 nitrogen and oxygen atoms in total. The molecule has 0 N–H and O–H groups in total. The van der Waals surface area contributed by atoms with E-state index in [2.05, 4.69) is 0 Å². The number of nitro groups is 1. The molecular formula is C16H16N2O5. The van der Waals surface area contributed by atoms with Crippen LogP contribution in [0.2, 0.25) is 0 Å². The van der Waals surface area contributed by atoms with Crippen LogP contribution in [0.1, 0.15) is 28.5 Å². The molecule has 0 radical (unpaired) electrons. The predicted octanol–water partition coefficient (Wildman–Crippen LogP) is 2.83. The summed E-state index contributed by atoms with van der Waals surface area (Å²) < 4.78 is 10.1. The summed E-state index contributed by atoms with van der Waals surface area (Å²) in [7, 11) is 1.62. The van der Waals surface area contributed by atoms with Crippen LogP contribution in [0.25, 0.3) is 0 Å². The summed E-state index contributed by atoms with van der Waals surface area (Å²) in [6, 6.07) is 10.3. The number of furan rings is 1. The first-order chi connectivity index (χ1) is 11.1. The van der Waals surface area contributed by atoms with Crippen molar-refractivity contribution < 1.29 is 18.9 Å². The van der Waals surface area contributed by atoms with Gasteiger partial charge in [-0.25, -0.2) is 0 Å². The first-order valence-electron chi connectivity index (χ1n) is 7.26. The molecule has 2 aromatic rings. The molecule has 1 unspecified atom stereocenters. The van der Waals surface area contributed by atoms with Gasteiger partial charge in [-0.1, -0.05) is 12.1 Å². The number of hydrogen-bond donors (Lipinski definition) is 0. The second-order valence-corrected chi connectivity index (χ2v) is 5.40. The number of carbonyl (C=O) groups excluding carboxylic acids is 1. The van der Waals surface area contributed by atoms with Crippen molar-refractivity contribution in [3.05, 3.63) is 57.8 Å². The number of likely N-dealkylation sites (tertiary alicyclic amines) is 1. The maximum absolute atomic E-state index is 12.3. The third-order valence-electron chi connectivity index (χ3n) is 4.05. The molecule has 7 heteroatoms. The van der Waals surface area contributed by atoms with E-state index in [4.69, 9.17) is 9.15 Å². The lowest BCUT2D eigenvalue weighted by Crippen LogP contribution is -2.28. The Balaban J connectivity index is 1.68. The second-order valence-electron chi connectivity index (χ2n) is 5.40. The summed E-state index contributed by atoms with van der Waals surface area (Å²) in [5.74, 6) is 0.317. The number of amides is 1. The van der Waals surface area contributed by atoms with Gasteiger partial charge in [0.1, 0.15) is 10.7 Å². The van der Waals surface area contributed by atoms with Crippen LogP contribution in [-0.4, -0.2) is 35.9 Å². The van der Waals surface area contributed by atoms with E-state index < -0.39 is 10.8 Å². The van der Waals surface area contributed by atoms with Crippen molar-refractivity contribution in [2.24, 2.45) is 0 Å². The maximum Gasteiger partial charge on any atom is 0.433 e. The van der Waals surface area contributed by atoms with Crippen molar-refractivity contribution in [3.8, 4) is 5.75 Å². The smallest absolute Gasteiger partial charge is 0.433 e. The fraction of sp³-hybridized carbons (Fsp3) is 0.312. The summed E-state index contributed by atoms with van der Waals surface area (Å²) >= 11 is 0. The van der Waals surface area contributed by atoms with Crippen LogP contribution in [0.4, 0.5) is 5.88 Å². The van der Waals surface area contributed by atoms with Gasteiger partial charge in [0.05, 0.1) is 13.2 Å². The van der Waals surface area contributed by atoms with E-state index >= 15 is 0 Å². The quantitative estimate of drug-likeness (QED) is 0.639. The molecule has 0 spiro atoms. The molecule has 1 aliphatic heterocycles. The summed E-state index contributed by atoms with van der Waals surface area (Å²) in [4.78, 5) is 24.0. The molecule has 1 saturated heterocycles. The van der Waals surface area contributed by atoms with Gasteiger partial charge in [-0.15, -0.1) is 0 Å². The largest absolute Gasteiger partial charge is 0.497 e. The molecule has 1 aromatic carbocycles. The van der Waals surface area contributed by atoms with Crippen LogP contribution in [-0.2, 0) is 0 Å². The normalized spacial score (nSPS) is 17.3. The van der Waals surface area contributed by atoms with E-state index in [-0.39, 0.29) is 17.6 Å². The zero-order valence-corrected chi connectivity index (χ0v) is 12.6. The van der Waals surface area contributed by atoms with Crippen molar-refractivity contribution in [3.63, 3.8) is 0 Å². The third kappa shape index (κ3) is 3.03.